The molecule has 2 rings (SSSR count). The SMILES string of the molecule is CO[C@H]1O[C@H](CO)[C@@H](O)[C@H](OC)[C@@H]1O[C@@H]1O[C@H](CO)[C@@H](O)[C@H](O)[C@H]1NC(C)=O. The molecule has 1 amide bonds. The molecule has 2 aliphatic heterocycles. The predicted octanol–water partition coefficient (Wildman–Crippen LogP) is -3.95. The van der Waals surface area contributed by atoms with Crippen LogP contribution in [0.1, 0.15) is 6.92 Å². The van der Waals surface area contributed by atoms with Crippen molar-refractivity contribution in [1.82, 2.24) is 5.32 Å². The number of carbonyl (C=O) groups excluding carboxylic acids is 1. The number of ether oxygens (including phenoxy) is 5. The fraction of sp³-hybridized carbons (Fsp3) is 0.938. The fourth-order valence-corrected chi connectivity index (χ4v) is 3.39. The molecular formula is C16H29NO11. The Morgan fingerprint density at radius 3 is 1.96 bits per heavy atom. The molecule has 0 aliphatic carbocycles. The highest BCUT2D eigenvalue weighted by Crippen LogP contribution is 2.30. The Hall–Kier alpha value is -0.930. The Labute approximate surface area is 161 Å². The van der Waals surface area contributed by atoms with E-state index < -0.39 is 80.5 Å². The normalized spacial score (nSPS) is 44.3. The number of methoxy groups -OCH3 is 2. The number of rotatable bonds is 7. The van der Waals surface area contributed by atoms with E-state index in [1.807, 2.05) is 0 Å². The number of carbonyl (C=O) groups is 1. The minimum atomic E-state index is -1.50. The van der Waals surface area contributed by atoms with Gasteiger partial charge in [-0.05, 0) is 0 Å². The van der Waals surface area contributed by atoms with Crippen molar-refractivity contribution < 1.29 is 54.0 Å². The molecule has 12 nitrogen and oxygen atoms in total. The first-order valence-electron chi connectivity index (χ1n) is 8.84. The third kappa shape index (κ3) is 4.79. The first-order valence-corrected chi connectivity index (χ1v) is 8.84. The first-order chi connectivity index (χ1) is 13.3. The number of hydrogen-bond acceptors (Lipinski definition) is 11. The van der Waals surface area contributed by atoms with E-state index in [4.69, 9.17) is 23.7 Å². The molecule has 6 N–H and O–H groups in total. The number of amides is 1. The summed E-state index contributed by atoms with van der Waals surface area (Å²) in [5.41, 5.74) is 0. The third-order valence-corrected chi connectivity index (χ3v) is 4.84. The summed E-state index contributed by atoms with van der Waals surface area (Å²) in [4.78, 5) is 11.5. The van der Waals surface area contributed by atoms with Crippen LogP contribution in [-0.4, -0.2) is 120 Å². The highest BCUT2D eigenvalue weighted by atomic mass is 16.8. The van der Waals surface area contributed by atoms with Crippen molar-refractivity contribution in [3.8, 4) is 0 Å². The number of hydrogen-bond donors (Lipinski definition) is 6. The van der Waals surface area contributed by atoms with Crippen LogP contribution in [0.15, 0.2) is 0 Å². The van der Waals surface area contributed by atoms with Gasteiger partial charge in [-0.15, -0.1) is 0 Å². The lowest BCUT2D eigenvalue weighted by Crippen LogP contribution is -2.67. The summed E-state index contributed by atoms with van der Waals surface area (Å²) in [5.74, 6) is -0.511. The average Bonchev–Trinajstić information content (AvgIpc) is 2.67. The zero-order valence-corrected chi connectivity index (χ0v) is 15.9. The highest BCUT2D eigenvalue weighted by Gasteiger charge is 2.51. The maximum atomic E-state index is 11.5. The van der Waals surface area contributed by atoms with Gasteiger partial charge in [0.2, 0.25) is 5.91 Å². The van der Waals surface area contributed by atoms with E-state index in [1.54, 1.807) is 0 Å². The lowest BCUT2D eigenvalue weighted by atomic mass is 9.95. The lowest BCUT2D eigenvalue weighted by molar-refractivity contribution is -0.354. The summed E-state index contributed by atoms with van der Waals surface area (Å²) >= 11 is 0. The van der Waals surface area contributed by atoms with Crippen molar-refractivity contribution in [2.45, 2.75) is 68.3 Å². The van der Waals surface area contributed by atoms with Crippen LogP contribution in [0, 0.1) is 0 Å². The van der Waals surface area contributed by atoms with Crippen molar-refractivity contribution in [2.24, 2.45) is 0 Å². The molecular weight excluding hydrogens is 382 g/mol. The zero-order valence-electron chi connectivity index (χ0n) is 15.9. The van der Waals surface area contributed by atoms with Gasteiger partial charge in [-0.1, -0.05) is 0 Å². The number of nitrogens with one attached hydrogen (secondary N) is 1. The highest BCUT2D eigenvalue weighted by molar-refractivity contribution is 5.73. The summed E-state index contributed by atoms with van der Waals surface area (Å²) in [6, 6.07) is -1.18. The summed E-state index contributed by atoms with van der Waals surface area (Å²) in [7, 11) is 2.64. The Morgan fingerprint density at radius 2 is 1.46 bits per heavy atom. The summed E-state index contributed by atoms with van der Waals surface area (Å²) in [6.45, 7) is 0.117. The van der Waals surface area contributed by atoms with Gasteiger partial charge in [0.15, 0.2) is 12.6 Å². The van der Waals surface area contributed by atoms with Crippen LogP contribution in [0.5, 0.6) is 0 Å². The monoisotopic (exact) mass is 411 g/mol. The molecule has 0 aromatic heterocycles. The van der Waals surface area contributed by atoms with Crippen molar-refractivity contribution in [3.05, 3.63) is 0 Å². The summed E-state index contributed by atoms with van der Waals surface area (Å²) in [6.07, 6.45) is -10.9. The molecule has 0 saturated carbocycles. The van der Waals surface area contributed by atoms with Crippen LogP contribution < -0.4 is 5.32 Å². The van der Waals surface area contributed by atoms with E-state index in [9.17, 15) is 30.3 Å². The molecule has 0 unspecified atom stereocenters. The quantitative estimate of drug-likeness (QED) is 0.241. The third-order valence-electron chi connectivity index (χ3n) is 4.84. The van der Waals surface area contributed by atoms with Gasteiger partial charge in [0.25, 0.3) is 0 Å². The number of aliphatic hydroxyl groups is 5. The van der Waals surface area contributed by atoms with E-state index in [-0.39, 0.29) is 0 Å². The van der Waals surface area contributed by atoms with Gasteiger partial charge < -0.3 is 54.5 Å². The molecule has 164 valence electrons. The minimum Gasteiger partial charge on any atom is -0.394 e. The molecule has 2 aliphatic rings. The lowest BCUT2D eigenvalue weighted by Gasteiger charge is -2.47. The van der Waals surface area contributed by atoms with Crippen LogP contribution in [0.4, 0.5) is 0 Å². The van der Waals surface area contributed by atoms with Crippen molar-refractivity contribution in [1.29, 1.82) is 0 Å². The Balaban J connectivity index is 2.27. The maximum absolute atomic E-state index is 11.5. The largest absolute Gasteiger partial charge is 0.394 e. The van der Waals surface area contributed by atoms with E-state index in [0.29, 0.717) is 0 Å². The van der Waals surface area contributed by atoms with Gasteiger partial charge in [-0.3, -0.25) is 4.79 Å². The van der Waals surface area contributed by atoms with Crippen LogP contribution in [0.3, 0.4) is 0 Å². The molecule has 0 radical (unpaired) electrons. The molecule has 2 fully saturated rings. The minimum absolute atomic E-state index is 0.487. The summed E-state index contributed by atoms with van der Waals surface area (Å²) in [5, 5.41) is 52.0. The smallest absolute Gasteiger partial charge is 0.217 e. The summed E-state index contributed by atoms with van der Waals surface area (Å²) < 4.78 is 27.3. The second-order valence-corrected chi connectivity index (χ2v) is 6.69. The number of aliphatic hydroxyl groups excluding tert-OH is 5. The Morgan fingerprint density at radius 1 is 0.893 bits per heavy atom. The molecule has 12 heteroatoms. The molecule has 0 spiro atoms. The van der Waals surface area contributed by atoms with E-state index in [2.05, 4.69) is 5.32 Å². The Bertz CT molecular complexity index is 509. The molecule has 2 heterocycles. The maximum Gasteiger partial charge on any atom is 0.217 e. The van der Waals surface area contributed by atoms with E-state index in [0.717, 1.165) is 0 Å². The fourth-order valence-electron chi connectivity index (χ4n) is 3.39. The van der Waals surface area contributed by atoms with E-state index in [1.165, 1.54) is 21.1 Å². The van der Waals surface area contributed by atoms with Crippen molar-refractivity contribution in [3.63, 3.8) is 0 Å². The average molecular weight is 411 g/mol. The van der Waals surface area contributed by atoms with E-state index >= 15 is 0 Å². The van der Waals surface area contributed by atoms with Gasteiger partial charge in [-0.2, -0.15) is 0 Å². The second kappa shape index (κ2) is 10.2. The van der Waals surface area contributed by atoms with Gasteiger partial charge in [0.1, 0.15) is 48.8 Å². The van der Waals surface area contributed by atoms with Crippen LogP contribution in [0.2, 0.25) is 0 Å². The molecule has 0 bridgehead atoms. The van der Waals surface area contributed by atoms with Crippen LogP contribution in [-0.2, 0) is 28.5 Å². The standard InChI is InChI=1S/C16H29NO11/c1-6(20)17-9-12(23)10(21)7(4-18)26-15(9)28-14-13(24-2)11(22)8(5-19)27-16(14)25-3/h7-16,18-19,21-23H,4-5H2,1-3H3,(H,17,20)/t7-,8-,9-,10-,11-,12-,13+,14+,15+,16+/m1/s1. The molecule has 10 atom stereocenters. The van der Waals surface area contributed by atoms with Gasteiger partial charge >= 0.3 is 0 Å². The van der Waals surface area contributed by atoms with Gasteiger partial charge in [0, 0.05) is 21.1 Å². The van der Waals surface area contributed by atoms with Crippen molar-refractivity contribution >= 4 is 5.91 Å². The Kier molecular flexibility index (Phi) is 8.51. The van der Waals surface area contributed by atoms with Gasteiger partial charge in [-0.25, -0.2) is 0 Å². The molecule has 2 saturated heterocycles. The van der Waals surface area contributed by atoms with Crippen molar-refractivity contribution in [2.75, 3.05) is 27.4 Å². The molecule has 0 aromatic carbocycles. The van der Waals surface area contributed by atoms with Crippen LogP contribution >= 0.6 is 0 Å². The van der Waals surface area contributed by atoms with Crippen LogP contribution in [0.25, 0.3) is 0 Å². The zero-order chi connectivity index (χ0) is 21.0. The molecule has 0 aromatic rings. The molecule has 28 heavy (non-hydrogen) atoms. The second-order valence-electron chi connectivity index (χ2n) is 6.69. The van der Waals surface area contributed by atoms with Gasteiger partial charge in [0.05, 0.1) is 13.2 Å². The topological polar surface area (TPSA) is 176 Å². The first kappa shape index (κ1) is 23.3. The predicted molar refractivity (Wildman–Crippen MR) is 89.8 cm³/mol.